The first-order valence-corrected chi connectivity index (χ1v) is 6.83. The second-order valence-corrected chi connectivity index (χ2v) is 6.18. The molecule has 1 atom stereocenters. The number of rotatable bonds is 6. The highest BCUT2D eigenvalue weighted by molar-refractivity contribution is 8.09. The minimum atomic E-state index is -0.125. The highest BCUT2D eigenvalue weighted by atomic mass is 32.2. The lowest BCUT2D eigenvalue weighted by atomic mass is 10.0. The molecule has 0 radical (unpaired) electrons. The zero-order chi connectivity index (χ0) is 13.6. The first-order chi connectivity index (χ1) is 8.40. The summed E-state index contributed by atoms with van der Waals surface area (Å²) in [5.74, 6) is -0.125. The van der Waals surface area contributed by atoms with Gasteiger partial charge in [-0.1, -0.05) is 37.3 Å². The average Bonchev–Trinajstić information content (AvgIpc) is 2.33. The fraction of sp³-hybridized carbons (Fsp3) is 0.500. The lowest BCUT2D eigenvalue weighted by molar-refractivity contribution is -0.870. The van der Waals surface area contributed by atoms with Crippen LogP contribution in [0.15, 0.2) is 30.3 Å². The standard InChI is InChI=1S/C14H22NO2S/c1-12(13-8-6-5-7-9-13)14(16)18-17-11-10-15(2,3)4/h5-9,12H,10-11H2,1-4H3/q+1. The third-order valence-corrected chi connectivity index (χ3v) is 3.44. The van der Waals surface area contributed by atoms with Gasteiger partial charge in [0.2, 0.25) is 5.12 Å². The summed E-state index contributed by atoms with van der Waals surface area (Å²) in [5, 5.41) is 0.0580. The van der Waals surface area contributed by atoms with E-state index in [-0.39, 0.29) is 11.0 Å². The lowest BCUT2D eigenvalue weighted by Crippen LogP contribution is -2.37. The van der Waals surface area contributed by atoms with Crippen molar-refractivity contribution in [3.63, 3.8) is 0 Å². The van der Waals surface area contributed by atoms with E-state index in [9.17, 15) is 4.79 Å². The van der Waals surface area contributed by atoms with Crippen LogP contribution in [0.1, 0.15) is 18.4 Å². The maximum Gasteiger partial charge on any atom is 0.222 e. The average molecular weight is 268 g/mol. The summed E-state index contributed by atoms with van der Waals surface area (Å²) in [6.45, 7) is 3.38. The van der Waals surface area contributed by atoms with Crippen molar-refractivity contribution in [1.29, 1.82) is 0 Å². The van der Waals surface area contributed by atoms with Crippen LogP contribution in [-0.2, 0) is 8.98 Å². The van der Waals surface area contributed by atoms with Crippen LogP contribution in [0.2, 0.25) is 0 Å². The number of carbonyl (C=O) groups is 1. The van der Waals surface area contributed by atoms with Gasteiger partial charge in [-0.2, -0.15) is 0 Å². The van der Waals surface area contributed by atoms with Gasteiger partial charge in [-0.15, -0.1) is 0 Å². The smallest absolute Gasteiger partial charge is 0.222 e. The zero-order valence-electron chi connectivity index (χ0n) is 11.6. The van der Waals surface area contributed by atoms with E-state index in [1.54, 1.807) is 0 Å². The van der Waals surface area contributed by atoms with E-state index >= 15 is 0 Å². The second kappa shape index (κ2) is 6.92. The van der Waals surface area contributed by atoms with Gasteiger partial charge in [-0.05, 0) is 5.56 Å². The summed E-state index contributed by atoms with van der Waals surface area (Å²) in [5.41, 5.74) is 1.03. The molecule has 3 nitrogen and oxygen atoms in total. The van der Waals surface area contributed by atoms with Crippen molar-refractivity contribution in [3.05, 3.63) is 35.9 Å². The first kappa shape index (κ1) is 15.2. The Hall–Kier alpha value is -0.840. The Morgan fingerprint density at radius 1 is 1.28 bits per heavy atom. The monoisotopic (exact) mass is 268 g/mol. The highest BCUT2D eigenvalue weighted by Gasteiger charge is 2.17. The molecule has 18 heavy (non-hydrogen) atoms. The van der Waals surface area contributed by atoms with Crippen LogP contribution in [0.25, 0.3) is 0 Å². The largest absolute Gasteiger partial charge is 0.329 e. The summed E-state index contributed by atoms with van der Waals surface area (Å²) < 4.78 is 6.20. The van der Waals surface area contributed by atoms with Crippen LogP contribution >= 0.6 is 12.0 Å². The van der Waals surface area contributed by atoms with E-state index in [0.717, 1.165) is 28.6 Å². The number of benzene rings is 1. The maximum absolute atomic E-state index is 11.9. The highest BCUT2D eigenvalue weighted by Crippen LogP contribution is 2.22. The molecule has 0 bridgehead atoms. The summed E-state index contributed by atoms with van der Waals surface area (Å²) >= 11 is 0.971. The van der Waals surface area contributed by atoms with Crippen LogP contribution in [0, 0.1) is 0 Å². The van der Waals surface area contributed by atoms with E-state index in [0.29, 0.717) is 6.61 Å². The molecule has 1 aromatic carbocycles. The predicted octanol–water partition coefficient (Wildman–Crippen LogP) is 2.69. The van der Waals surface area contributed by atoms with Crippen molar-refractivity contribution in [1.82, 2.24) is 0 Å². The molecule has 0 aliphatic heterocycles. The van der Waals surface area contributed by atoms with E-state index in [1.807, 2.05) is 37.3 Å². The molecule has 0 saturated carbocycles. The maximum atomic E-state index is 11.9. The number of carbonyl (C=O) groups excluding carboxylic acids is 1. The predicted molar refractivity (Wildman–Crippen MR) is 76.3 cm³/mol. The van der Waals surface area contributed by atoms with E-state index in [4.69, 9.17) is 4.18 Å². The van der Waals surface area contributed by atoms with Gasteiger partial charge in [0.25, 0.3) is 0 Å². The van der Waals surface area contributed by atoms with E-state index < -0.39 is 0 Å². The van der Waals surface area contributed by atoms with Crippen LogP contribution in [0.4, 0.5) is 0 Å². The molecule has 0 fully saturated rings. The van der Waals surface area contributed by atoms with E-state index in [2.05, 4.69) is 21.1 Å². The zero-order valence-corrected chi connectivity index (χ0v) is 12.4. The normalized spacial score (nSPS) is 13.3. The van der Waals surface area contributed by atoms with Crippen LogP contribution in [0.5, 0.6) is 0 Å². The van der Waals surface area contributed by atoms with Gasteiger partial charge in [0.1, 0.15) is 13.2 Å². The van der Waals surface area contributed by atoms with Crippen molar-refractivity contribution < 1.29 is 13.5 Å². The summed E-state index contributed by atoms with van der Waals surface area (Å²) in [6.07, 6.45) is 0. The molecule has 0 amide bonds. The SMILES string of the molecule is CC(C(=O)SOCC[N+](C)(C)C)c1ccccc1. The molecule has 1 rings (SSSR count). The van der Waals surface area contributed by atoms with Gasteiger partial charge in [0, 0.05) is 0 Å². The molecule has 1 aromatic rings. The number of quaternary nitrogens is 1. The van der Waals surface area contributed by atoms with Gasteiger partial charge >= 0.3 is 0 Å². The van der Waals surface area contributed by atoms with Crippen LogP contribution in [-0.4, -0.2) is 43.9 Å². The Bertz CT molecular complexity index is 373. The molecule has 100 valence electrons. The van der Waals surface area contributed by atoms with Gasteiger partial charge in [0.15, 0.2) is 0 Å². The molecular formula is C14H22NO2S+. The van der Waals surface area contributed by atoms with Gasteiger partial charge in [0.05, 0.1) is 39.1 Å². The quantitative estimate of drug-likeness (QED) is 0.451. The summed E-state index contributed by atoms with van der Waals surface area (Å²) in [6, 6.07) is 9.78. The van der Waals surface area contributed by atoms with E-state index in [1.165, 1.54) is 0 Å². The number of hydrogen-bond acceptors (Lipinski definition) is 3. The molecule has 0 spiro atoms. The molecular weight excluding hydrogens is 246 g/mol. The van der Waals surface area contributed by atoms with Crippen LogP contribution in [0.3, 0.4) is 0 Å². The number of nitrogens with zero attached hydrogens (tertiary/aromatic N) is 1. The molecule has 1 unspecified atom stereocenters. The molecule has 0 heterocycles. The Morgan fingerprint density at radius 2 is 1.89 bits per heavy atom. The molecule has 0 N–H and O–H groups in total. The van der Waals surface area contributed by atoms with Gasteiger partial charge < -0.3 is 8.67 Å². The fourth-order valence-electron chi connectivity index (χ4n) is 1.36. The number of likely N-dealkylation sites (N-methyl/N-ethyl adjacent to an activating group) is 1. The third-order valence-electron chi connectivity index (χ3n) is 2.64. The topological polar surface area (TPSA) is 26.3 Å². The van der Waals surface area contributed by atoms with Crippen molar-refractivity contribution in [2.45, 2.75) is 12.8 Å². The van der Waals surface area contributed by atoms with Gasteiger partial charge in [-0.3, -0.25) is 4.79 Å². The second-order valence-electron chi connectivity index (χ2n) is 5.37. The third kappa shape index (κ3) is 5.67. The lowest BCUT2D eigenvalue weighted by Gasteiger charge is -2.23. The Kier molecular flexibility index (Phi) is 5.85. The van der Waals surface area contributed by atoms with Crippen molar-refractivity contribution >= 4 is 17.2 Å². The van der Waals surface area contributed by atoms with Crippen LogP contribution < -0.4 is 0 Å². The van der Waals surface area contributed by atoms with Crippen molar-refractivity contribution in [2.24, 2.45) is 0 Å². The Morgan fingerprint density at radius 3 is 2.44 bits per heavy atom. The first-order valence-electron chi connectivity index (χ1n) is 6.09. The molecule has 0 aromatic heterocycles. The van der Waals surface area contributed by atoms with Crippen molar-refractivity contribution in [3.8, 4) is 0 Å². The summed E-state index contributed by atoms with van der Waals surface area (Å²) in [7, 11) is 6.30. The minimum absolute atomic E-state index is 0.0580. The summed E-state index contributed by atoms with van der Waals surface area (Å²) in [4.78, 5) is 11.9. The molecule has 0 aliphatic carbocycles. The van der Waals surface area contributed by atoms with Crippen molar-refractivity contribution in [2.75, 3.05) is 34.3 Å². The Labute approximate surface area is 114 Å². The molecule has 0 aliphatic rings. The number of hydrogen-bond donors (Lipinski definition) is 0. The fourth-order valence-corrected chi connectivity index (χ4v) is 1.92. The Balaban J connectivity index is 2.33. The molecule has 4 heteroatoms. The molecule has 0 saturated heterocycles. The minimum Gasteiger partial charge on any atom is -0.329 e. The van der Waals surface area contributed by atoms with Gasteiger partial charge in [-0.25, -0.2) is 0 Å².